The Labute approximate surface area is 138 Å². The maximum absolute atomic E-state index is 5.92. The molecule has 1 N–H and O–H groups in total. The van der Waals surface area contributed by atoms with Crippen molar-refractivity contribution in [2.75, 3.05) is 32.2 Å². The first-order chi connectivity index (χ1) is 11.2. The molecule has 4 heteroatoms. The van der Waals surface area contributed by atoms with Crippen molar-refractivity contribution in [1.29, 1.82) is 0 Å². The summed E-state index contributed by atoms with van der Waals surface area (Å²) in [4.78, 5) is 0. The fraction of sp³-hybridized carbons (Fsp3) is 0.368. The van der Waals surface area contributed by atoms with Gasteiger partial charge in [-0.05, 0) is 43.7 Å². The molecular weight excluding hydrogens is 290 g/mol. The lowest BCUT2D eigenvalue weighted by Crippen LogP contribution is -2.22. The minimum Gasteiger partial charge on any atom is -0.491 e. The fourth-order valence-corrected chi connectivity index (χ4v) is 2.16. The van der Waals surface area contributed by atoms with E-state index in [0.717, 1.165) is 23.7 Å². The van der Waals surface area contributed by atoms with Crippen LogP contribution >= 0.6 is 0 Å². The molecule has 0 aliphatic heterocycles. The van der Waals surface area contributed by atoms with Gasteiger partial charge in [-0.3, -0.25) is 0 Å². The molecule has 124 valence electrons. The molecule has 2 rings (SSSR count). The molecule has 0 fully saturated rings. The summed E-state index contributed by atoms with van der Waals surface area (Å²) in [6.45, 7) is 5.96. The molecule has 23 heavy (non-hydrogen) atoms. The Kier molecular flexibility index (Phi) is 6.76. The van der Waals surface area contributed by atoms with Crippen molar-refractivity contribution in [3.8, 4) is 11.5 Å². The zero-order valence-corrected chi connectivity index (χ0v) is 14.0. The Hall–Kier alpha value is -2.20. The van der Waals surface area contributed by atoms with Crippen LogP contribution in [0.25, 0.3) is 0 Å². The highest BCUT2D eigenvalue weighted by Crippen LogP contribution is 2.18. The van der Waals surface area contributed by atoms with Gasteiger partial charge in [-0.1, -0.05) is 18.2 Å². The first-order valence-electron chi connectivity index (χ1n) is 7.86. The summed E-state index contributed by atoms with van der Waals surface area (Å²) in [5.74, 6) is 1.73. The molecule has 0 radical (unpaired) electrons. The largest absolute Gasteiger partial charge is 0.491 e. The second kappa shape index (κ2) is 9.06. The smallest absolute Gasteiger partial charge is 0.121 e. The van der Waals surface area contributed by atoms with Crippen molar-refractivity contribution in [3.63, 3.8) is 0 Å². The number of nitrogens with one attached hydrogen (secondary N) is 1. The van der Waals surface area contributed by atoms with E-state index in [1.54, 1.807) is 7.11 Å². The van der Waals surface area contributed by atoms with E-state index in [4.69, 9.17) is 14.2 Å². The third-order valence-electron chi connectivity index (χ3n) is 3.31. The van der Waals surface area contributed by atoms with Crippen LogP contribution in [-0.4, -0.2) is 33.0 Å². The van der Waals surface area contributed by atoms with Gasteiger partial charge in [0, 0.05) is 18.9 Å². The second-order valence-corrected chi connectivity index (χ2v) is 5.49. The zero-order valence-electron chi connectivity index (χ0n) is 14.0. The first-order valence-corrected chi connectivity index (χ1v) is 7.86. The predicted octanol–water partition coefficient (Wildman–Crippen LogP) is 3.90. The highest BCUT2D eigenvalue weighted by molar-refractivity contribution is 5.48. The van der Waals surface area contributed by atoms with E-state index in [-0.39, 0.29) is 6.10 Å². The van der Waals surface area contributed by atoms with Crippen molar-refractivity contribution < 1.29 is 14.2 Å². The van der Waals surface area contributed by atoms with Crippen molar-refractivity contribution >= 4 is 5.69 Å². The van der Waals surface area contributed by atoms with Crippen molar-refractivity contribution in [2.24, 2.45) is 0 Å². The average Bonchev–Trinajstić information content (AvgIpc) is 2.54. The summed E-state index contributed by atoms with van der Waals surface area (Å²) >= 11 is 0. The summed E-state index contributed by atoms with van der Waals surface area (Å²) in [5.41, 5.74) is 2.21. The van der Waals surface area contributed by atoms with Crippen molar-refractivity contribution in [2.45, 2.75) is 20.0 Å². The first kappa shape index (κ1) is 17.2. The van der Waals surface area contributed by atoms with E-state index < -0.39 is 0 Å². The molecule has 0 aliphatic rings. The molecule has 0 aliphatic carbocycles. The van der Waals surface area contributed by atoms with Gasteiger partial charge in [-0.25, -0.2) is 0 Å². The standard InChI is InChI=1S/C19H25NO3/c1-15-6-4-9-19(12-15)23-16(2)14-20-17-7-5-8-18(13-17)22-11-10-21-3/h4-9,12-13,16,20H,10-11,14H2,1-3H3/t16-/m1/s1. The molecular formula is C19H25NO3. The van der Waals surface area contributed by atoms with E-state index in [1.165, 1.54) is 5.56 Å². The van der Waals surface area contributed by atoms with Gasteiger partial charge < -0.3 is 19.5 Å². The summed E-state index contributed by atoms with van der Waals surface area (Å²) < 4.78 is 16.5. The van der Waals surface area contributed by atoms with Crippen LogP contribution in [-0.2, 0) is 4.74 Å². The lowest BCUT2D eigenvalue weighted by molar-refractivity contribution is 0.146. The Balaban J connectivity index is 1.81. The zero-order chi connectivity index (χ0) is 16.5. The Bertz CT molecular complexity index is 601. The number of rotatable bonds is 9. The molecule has 0 saturated heterocycles. The van der Waals surface area contributed by atoms with E-state index in [0.29, 0.717) is 13.2 Å². The van der Waals surface area contributed by atoms with Gasteiger partial charge in [-0.2, -0.15) is 0 Å². The van der Waals surface area contributed by atoms with Gasteiger partial charge in [0.05, 0.1) is 13.2 Å². The van der Waals surface area contributed by atoms with E-state index in [9.17, 15) is 0 Å². The van der Waals surface area contributed by atoms with Crippen LogP contribution < -0.4 is 14.8 Å². The fourth-order valence-electron chi connectivity index (χ4n) is 2.16. The van der Waals surface area contributed by atoms with Gasteiger partial charge in [0.25, 0.3) is 0 Å². The van der Waals surface area contributed by atoms with Crippen LogP contribution in [0.5, 0.6) is 11.5 Å². The molecule has 2 aromatic rings. The Morgan fingerprint density at radius 2 is 1.78 bits per heavy atom. The normalized spacial score (nSPS) is 11.8. The molecule has 0 unspecified atom stereocenters. The molecule has 0 saturated carbocycles. The SMILES string of the molecule is COCCOc1cccc(NC[C@@H](C)Oc2cccc(C)c2)c1. The van der Waals surface area contributed by atoms with Gasteiger partial charge in [0.15, 0.2) is 0 Å². The quantitative estimate of drug-likeness (QED) is 0.712. The number of hydrogen-bond donors (Lipinski definition) is 1. The molecule has 2 aromatic carbocycles. The number of benzene rings is 2. The minimum absolute atomic E-state index is 0.0647. The van der Waals surface area contributed by atoms with Crippen LogP contribution in [0, 0.1) is 6.92 Å². The summed E-state index contributed by atoms with van der Waals surface area (Å²) in [5, 5.41) is 3.37. The predicted molar refractivity (Wildman–Crippen MR) is 93.6 cm³/mol. The lowest BCUT2D eigenvalue weighted by atomic mass is 10.2. The van der Waals surface area contributed by atoms with E-state index >= 15 is 0 Å². The number of ether oxygens (including phenoxy) is 3. The van der Waals surface area contributed by atoms with E-state index in [2.05, 4.69) is 18.3 Å². The molecule has 0 spiro atoms. The molecule has 0 aromatic heterocycles. The number of hydrogen-bond acceptors (Lipinski definition) is 4. The highest BCUT2D eigenvalue weighted by atomic mass is 16.5. The maximum Gasteiger partial charge on any atom is 0.121 e. The second-order valence-electron chi connectivity index (χ2n) is 5.49. The van der Waals surface area contributed by atoms with Crippen molar-refractivity contribution in [3.05, 3.63) is 54.1 Å². The minimum atomic E-state index is 0.0647. The number of methoxy groups -OCH3 is 1. The van der Waals surface area contributed by atoms with Crippen LogP contribution in [0.1, 0.15) is 12.5 Å². The summed E-state index contributed by atoms with van der Waals surface area (Å²) in [6, 6.07) is 16.0. The maximum atomic E-state index is 5.92. The van der Waals surface area contributed by atoms with Gasteiger partial charge >= 0.3 is 0 Å². The Morgan fingerprint density at radius 1 is 1.00 bits per heavy atom. The number of aryl methyl sites for hydroxylation is 1. The van der Waals surface area contributed by atoms with Crippen LogP contribution in [0.2, 0.25) is 0 Å². The topological polar surface area (TPSA) is 39.7 Å². The monoisotopic (exact) mass is 315 g/mol. The molecule has 0 amide bonds. The van der Waals surface area contributed by atoms with Crippen LogP contribution in [0.15, 0.2) is 48.5 Å². The third kappa shape index (κ3) is 6.20. The average molecular weight is 315 g/mol. The highest BCUT2D eigenvalue weighted by Gasteiger charge is 2.05. The van der Waals surface area contributed by atoms with Gasteiger partial charge in [0.1, 0.15) is 24.2 Å². The van der Waals surface area contributed by atoms with E-state index in [1.807, 2.05) is 49.4 Å². The lowest BCUT2D eigenvalue weighted by Gasteiger charge is -2.17. The van der Waals surface area contributed by atoms with Crippen LogP contribution in [0.4, 0.5) is 5.69 Å². The molecule has 4 nitrogen and oxygen atoms in total. The molecule has 0 bridgehead atoms. The van der Waals surface area contributed by atoms with Gasteiger partial charge in [0.2, 0.25) is 0 Å². The van der Waals surface area contributed by atoms with Gasteiger partial charge in [-0.15, -0.1) is 0 Å². The molecule has 0 heterocycles. The summed E-state index contributed by atoms with van der Waals surface area (Å²) in [7, 11) is 1.66. The summed E-state index contributed by atoms with van der Waals surface area (Å²) in [6.07, 6.45) is 0.0647. The Morgan fingerprint density at radius 3 is 2.57 bits per heavy atom. The van der Waals surface area contributed by atoms with Crippen LogP contribution in [0.3, 0.4) is 0 Å². The molecule has 1 atom stereocenters. The third-order valence-corrected chi connectivity index (χ3v) is 3.31. The number of anilines is 1. The van der Waals surface area contributed by atoms with Crippen molar-refractivity contribution in [1.82, 2.24) is 0 Å².